The summed E-state index contributed by atoms with van der Waals surface area (Å²) in [5.74, 6) is -0.315. The number of benzene rings is 2. The summed E-state index contributed by atoms with van der Waals surface area (Å²) in [7, 11) is 0. The van der Waals surface area contributed by atoms with Crippen molar-refractivity contribution in [1.82, 2.24) is 9.91 Å². The molecule has 0 radical (unpaired) electrons. The Kier molecular flexibility index (Phi) is 7.23. The summed E-state index contributed by atoms with van der Waals surface area (Å²) in [5.41, 5.74) is 5.44. The summed E-state index contributed by atoms with van der Waals surface area (Å²) in [6.45, 7) is 7.21. The molecule has 4 rings (SSSR count). The second-order valence-electron chi connectivity index (χ2n) is 8.97. The molecule has 2 aromatic rings. The average molecular weight is 448 g/mol. The molecule has 0 bridgehead atoms. The molecule has 2 aliphatic rings. The van der Waals surface area contributed by atoms with Crippen molar-refractivity contribution in [1.29, 1.82) is 0 Å². The van der Waals surface area contributed by atoms with E-state index in [9.17, 15) is 9.59 Å². The Bertz CT molecular complexity index is 1030. The van der Waals surface area contributed by atoms with Crippen LogP contribution in [-0.2, 0) is 14.3 Å². The topological polar surface area (TPSA) is 62.2 Å². The van der Waals surface area contributed by atoms with E-state index in [0.717, 1.165) is 41.7 Å². The molecule has 2 aromatic carbocycles. The Morgan fingerprint density at radius 1 is 1.09 bits per heavy atom. The fraction of sp³-hybridized carbons (Fsp3) is 0.444. The lowest BCUT2D eigenvalue weighted by atomic mass is 9.95. The SMILES string of the molecule is CCOC(=O)C1CCCCN1CC(=O)N1N=C(c2ccc(C)cc2C)CC1c1ccccc1. The Morgan fingerprint density at radius 3 is 2.61 bits per heavy atom. The van der Waals surface area contributed by atoms with Crippen molar-refractivity contribution in [3.05, 3.63) is 70.8 Å². The van der Waals surface area contributed by atoms with Crippen LogP contribution in [0.1, 0.15) is 60.9 Å². The molecule has 33 heavy (non-hydrogen) atoms. The van der Waals surface area contributed by atoms with Gasteiger partial charge in [0.05, 0.1) is 24.9 Å². The van der Waals surface area contributed by atoms with E-state index in [4.69, 9.17) is 9.84 Å². The number of likely N-dealkylation sites (tertiary alicyclic amines) is 1. The molecule has 1 saturated heterocycles. The Hall–Kier alpha value is -2.99. The summed E-state index contributed by atoms with van der Waals surface area (Å²) in [6, 6.07) is 15.9. The number of rotatable bonds is 6. The van der Waals surface area contributed by atoms with Gasteiger partial charge in [-0.25, -0.2) is 5.01 Å². The molecule has 174 valence electrons. The van der Waals surface area contributed by atoms with Crippen molar-refractivity contribution in [2.24, 2.45) is 5.10 Å². The number of hydrazone groups is 1. The predicted octanol–water partition coefficient (Wildman–Crippen LogP) is 4.40. The van der Waals surface area contributed by atoms with E-state index in [-0.39, 0.29) is 30.5 Å². The highest BCUT2D eigenvalue weighted by Gasteiger charge is 2.37. The number of carbonyl (C=O) groups excluding carboxylic acids is 2. The molecule has 2 heterocycles. The molecular formula is C27H33N3O3. The maximum absolute atomic E-state index is 13.6. The number of amides is 1. The second-order valence-corrected chi connectivity index (χ2v) is 8.97. The highest BCUT2D eigenvalue weighted by molar-refractivity contribution is 6.04. The maximum Gasteiger partial charge on any atom is 0.323 e. The first-order valence-electron chi connectivity index (χ1n) is 11.9. The van der Waals surface area contributed by atoms with Crippen molar-refractivity contribution in [2.75, 3.05) is 19.7 Å². The third-order valence-corrected chi connectivity index (χ3v) is 6.55. The summed E-state index contributed by atoms with van der Waals surface area (Å²) < 4.78 is 5.27. The first-order chi connectivity index (χ1) is 16.0. The van der Waals surface area contributed by atoms with Crippen molar-refractivity contribution in [2.45, 2.75) is 58.5 Å². The van der Waals surface area contributed by atoms with Gasteiger partial charge in [0.15, 0.2) is 0 Å². The Morgan fingerprint density at radius 2 is 1.88 bits per heavy atom. The monoisotopic (exact) mass is 447 g/mol. The largest absolute Gasteiger partial charge is 0.465 e. The number of hydrogen-bond donors (Lipinski definition) is 0. The first kappa shape index (κ1) is 23.2. The van der Waals surface area contributed by atoms with E-state index in [1.807, 2.05) is 42.2 Å². The molecule has 2 unspecified atom stereocenters. The van der Waals surface area contributed by atoms with Gasteiger partial charge in [-0.2, -0.15) is 5.10 Å². The van der Waals surface area contributed by atoms with Gasteiger partial charge in [0.25, 0.3) is 5.91 Å². The Labute approximate surface area is 196 Å². The van der Waals surface area contributed by atoms with E-state index in [2.05, 4.69) is 32.0 Å². The first-order valence-corrected chi connectivity index (χ1v) is 11.9. The van der Waals surface area contributed by atoms with Crippen molar-refractivity contribution < 1.29 is 14.3 Å². The fourth-order valence-electron chi connectivity index (χ4n) is 4.91. The van der Waals surface area contributed by atoms with Gasteiger partial charge >= 0.3 is 5.97 Å². The molecule has 2 atom stereocenters. The van der Waals surface area contributed by atoms with Crippen molar-refractivity contribution in [3.63, 3.8) is 0 Å². The van der Waals surface area contributed by atoms with E-state index in [0.29, 0.717) is 19.6 Å². The van der Waals surface area contributed by atoms with Crippen LogP contribution in [0.15, 0.2) is 53.6 Å². The highest BCUT2D eigenvalue weighted by atomic mass is 16.5. The van der Waals surface area contributed by atoms with Crippen LogP contribution in [0.5, 0.6) is 0 Å². The molecule has 0 aliphatic carbocycles. The number of hydrogen-bond acceptors (Lipinski definition) is 5. The maximum atomic E-state index is 13.6. The van der Waals surface area contributed by atoms with Crippen molar-refractivity contribution in [3.8, 4) is 0 Å². The third-order valence-electron chi connectivity index (χ3n) is 6.55. The lowest BCUT2D eigenvalue weighted by Gasteiger charge is -2.34. The molecule has 6 nitrogen and oxygen atoms in total. The second kappa shape index (κ2) is 10.3. The minimum Gasteiger partial charge on any atom is -0.465 e. The van der Waals surface area contributed by atoms with Gasteiger partial charge in [0.2, 0.25) is 0 Å². The van der Waals surface area contributed by atoms with Gasteiger partial charge in [-0.1, -0.05) is 60.5 Å². The minimum absolute atomic E-state index is 0.0835. The molecule has 0 saturated carbocycles. The van der Waals surface area contributed by atoms with Gasteiger partial charge in [0, 0.05) is 12.0 Å². The summed E-state index contributed by atoms with van der Waals surface area (Å²) in [5, 5.41) is 6.48. The average Bonchev–Trinajstić information content (AvgIpc) is 3.25. The van der Waals surface area contributed by atoms with Gasteiger partial charge in [0.1, 0.15) is 6.04 Å². The number of esters is 1. The summed E-state index contributed by atoms with van der Waals surface area (Å²) >= 11 is 0. The van der Waals surface area contributed by atoms with Gasteiger partial charge in [-0.15, -0.1) is 0 Å². The summed E-state index contributed by atoms with van der Waals surface area (Å²) in [6.07, 6.45) is 3.34. The normalized spacial score (nSPS) is 21.1. The standard InChI is InChI=1S/C27H33N3O3/c1-4-33-27(32)24-12-8-9-15-29(24)18-26(31)30-25(21-10-6-5-7-11-21)17-23(28-30)22-14-13-19(2)16-20(22)3/h5-7,10-11,13-14,16,24-25H,4,8-9,12,15,17-18H2,1-3H3. The van der Waals surface area contributed by atoms with Crippen LogP contribution < -0.4 is 0 Å². The van der Waals surface area contributed by atoms with Crippen LogP contribution in [0.3, 0.4) is 0 Å². The molecule has 1 fully saturated rings. The molecule has 0 spiro atoms. The number of aryl methyl sites for hydroxylation is 2. The predicted molar refractivity (Wildman–Crippen MR) is 129 cm³/mol. The molecule has 0 aromatic heterocycles. The van der Waals surface area contributed by atoms with Gasteiger partial charge in [-0.05, 0) is 51.3 Å². The zero-order valence-corrected chi connectivity index (χ0v) is 19.8. The number of carbonyl (C=O) groups is 2. The molecule has 6 heteroatoms. The zero-order chi connectivity index (χ0) is 23.4. The van der Waals surface area contributed by atoms with Crippen LogP contribution in [0.4, 0.5) is 0 Å². The highest BCUT2D eigenvalue weighted by Crippen LogP contribution is 2.34. The zero-order valence-electron chi connectivity index (χ0n) is 19.8. The van der Waals surface area contributed by atoms with Crippen LogP contribution in [-0.4, -0.2) is 53.2 Å². The minimum atomic E-state index is -0.358. The van der Waals surface area contributed by atoms with E-state index in [1.54, 1.807) is 5.01 Å². The van der Waals surface area contributed by atoms with Crippen LogP contribution in [0, 0.1) is 13.8 Å². The van der Waals surface area contributed by atoms with Crippen LogP contribution >= 0.6 is 0 Å². The molecular weight excluding hydrogens is 414 g/mol. The number of nitrogens with zero attached hydrogens (tertiary/aromatic N) is 3. The molecule has 2 aliphatic heterocycles. The molecule has 0 N–H and O–H groups in total. The molecule has 1 amide bonds. The lowest BCUT2D eigenvalue weighted by molar-refractivity contribution is -0.152. The smallest absolute Gasteiger partial charge is 0.323 e. The number of ether oxygens (including phenoxy) is 1. The third kappa shape index (κ3) is 5.17. The van der Waals surface area contributed by atoms with E-state index >= 15 is 0 Å². The van der Waals surface area contributed by atoms with Crippen LogP contribution in [0.2, 0.25) is 0 Å². The van der Waals surface area contributed by atoms with E-state index in [1.165, 1.54) is 5.56 Å². The van der Waals surface area contributed by atoms with E-state index < -0.39 is 0 Å². The quantitative estimate of drug-likeness (QED) is 0.616. The number of piperidine rings is 1. The van der Waals surface area contributed by atoms with Gasteiger partial charge < -0.3 is 4.74 Å². The van der Waals surface area contributed by atoms with Crippen molar-refractivity contribution >= 4 is 17.6 Å². The Balaban J connectivity index is 1.60. The fourth-order valence-corrected chi connectivity index (χ4v) is 4.91. The van der Waals surface area contributed by atoms with Gasteiger partial charge in [-0.3, -0.25) is 14.5 Å². The van der Waals surface area contributed by atoms with Crippen LogP contribution in [0.25, 0.3) is 0 Å². The summed E-state index contributed by atoms with van der Waals surface area (Å²) in [4.78, 5) is 28.0. The lowest BCUT2D eigenvalue weighted by Crippen LogP contribution is -2.49.